The van der Waals surface area contributed by atoms with Gasteiger partial charge in [0.25, 0.3) is 5.56 Å². The summed E-state index contributed by atoms with van der Waals surface area (Å²) in [4.78, 5) is 24.6. The SMILES string of the molecule is CCN(CC)S(=O)(=O)c1ccc(NC(=O)Cn2c(=O)ccn3nccc23)cc1. The van der Waals surface area contributed by atoms with Crippen LogP contribution in [-0.2, 0) is 21.4 Å². The molecule has 3 rings (SSSR count). The molecule has 0 bridgehead atoms. The molecular weight excluding hydrogens is 382 g/mol. The number of rotatable bonds is 7. The van der Waals surface area contributed by atoms with Crippen molar-refractivity contribution in [2.45, 2.75) is 25.3 Å². The molecule has 0 aliphatic rings. The minimum atomic E-state index is -3.55. The summed E-state index contributed by atoms with van der Waals surface area (Å²) in [7, 11) is -3.55. The third-order valence-electron chi connectivity index (χ3n) is 4.33. The van der Waals surface area contributed by atoms with Crippen molar-refractivity contribution >= 4 is 27.3 Å². The highest BCUT2D eigenvalue weighted by Crippen LogP contribution is 2.18. The molecule has 10 heteroatoms. The Morgan fingerprint density at radius 2 is 1.79 bits per heavy atom. The van der Waals surface area contributed by atoms with Crippen molar-refractivity contribution in [3.05, 3.63) is 59.1 Å². The molecule has 0 atom stereocenters. The van der Waals surface area contributed by atoms with E-state index >= 15 is 0 Å². The zero-order valence-corrected chi connectivity index (χ0v) is 16.4. The van der Waals surface area contributed by atoms with Crippen molar-refractivity contribution in [3.63, 3.8) is 0 Å². The number of carbonyl (C=O) groups excluding carboxylic acids is 1. The summed E-state index contributed by atoms with van der Waals surface area (Å²) >= 11 is 0. The van der Waals surface area contributed by atoms with E-state index in [2.05, 4.69) is 10.4 Å². The minimum Gasteiger partial charge on any atom is -0.325 e. The molecule has 148 valence electrons. The van der Waals surface area contributed by atoms with Crippen LogP contribution >= 0.6 is 0 Å². The number of sulfonamides is 1. The Bertz CT molecular complexity index is 1140. The smallest absolute Gasteiger partial charge is 0.254 e. The Kier molecular flexibility index (Phi) is 5.61. The number of benzene rings is 1. The van der Waals surface area contributed by atoms with Crippen LogP contribution in [0.2, 0.25) is 0 Å². The van der Waals surface area contributed by atoms with E-state index in [0.29, 0.717) is 24.4 Å². The van der Waals surface area contributed by atoms with Gasteiger partial charge in [-0.2, -0.15) is 9.40 Å². The highest BCUT2D eigenvalue weighted by atomic mass is 32.2. The normalized spacial score (nSPS) is 11.8. The van der Waals surface area contributed by atoms with Gasteiger partial charge in [0.2, 0.25) is 15.9 Å². The van der Waals surface area contributed by atoms with Crippen LogP contribution in [0.4, 0.5) is 5.69 Å². The molecule has 0 aliphatic carbocycles. The van der Waals surface area contributed by atoms with Crippen LogP contribution < -0.4 is 10.9 Å². The van der Waals surface area contributed by atoms with Gasteiger partial charge in [-0.3, -0.25) is 14.2 Å². The topological polar surface area (TPSA) is 106 Å². The van der Waals surface area contributed by atoms with E-state index in [-0.39, 0.29) is 17.0 Å². The molecule has 0 saturated carbocycles. The van der Waals surface area contributed by atoms with Crippen molar-refractivity contribution in [1.82, 2.24) is 18.5 Å². The van der Waals surface area contributed by atoms with Crippen LogP contribution in [0.3, 0.4) is 0 Å². The van der Waals surface area contributed by atoms with Gasteiger partial charge in [-0.15, -0.1) is 0 Å². The summed E-state index contributed by atoms with van der Waals surface area (Å²) in [5.74, 6) is -0.407. The van der Waals surface area contributed by atoms with E-state index in [1.54, 1.807) is 19.9 Å². The molecule has 0 aliphatic heterocycles. The zero-order valence-electron chi connectivity index (χ0n) is 15.6. The summed E-state index contributed by atoms with van der Waals surface area (Å²) in [5, 5.41) is 6.71. The Morgan fingerprint density at radius 3 is 2.43 bits per heavy atom. The van der Waals surface area contributed by atoms with E-state index in [1.165, 1.54) is 56.1 Å². The number of hydrogen-bond acceptors (Lipinski definition) is 5. The maximum Gasteiger partial charge on any atom is 0.254 e. The fraction of sp³-hybridized carbons (Fsp3) is 0.278. The average Bonchev–Trinajstić information content (AvgIpc) is 3.14. The van der Waals surface area contributed by atoms with Gasteiger partial charge in [-0.25, -0.2) is 12.9 Å². The van der Waals surface area contributed by atoms with Crippen LogP contribution in [0.15, 0.2) is 58.5 Å². The lowest BCUT2D eigenvalue weighted by atomic mass is 10.3. The van der Waals surface area contributed by atoms with Crippen LogP contribution in [0.1, 0.15) is 13.8 Å². The van der Waals surface area contributed by atoms with Gasteiger partial charge in [0.15, 0.2) is 0 Å². The second kappa shape index (κ2) is 7.95. The molecule has 1 aromatic carbocycles. The average molecular weight is 403 g/mol. The van der Waals surface area contributed by atoms with E-state index in [0.717, 1.165) is 0 Å². The lowest BCUT2D eigenvalue weighted by Crippen LogP contribution is -2.30. The molecule has 2 aromatic heterocycles. The lowest BCUT2D eigenvalue weighted by Gasteiger charge is -2.18. The number of fused-ring (bicyclic) bond motifs is 1. The maximum atomic E-state index is 12.5. The number of hydrogen-bond donors (Lipinski definition) is 1. The van der Waals surface area contributed by atoms with Gasteiger partial charge in [-0.1, -0.05) is 13.8 Å². The monoisotopic (exact) mass is 403 g/mol. The van der Waals surface area contributed by atoms with Crippen LogP contribution in [-0.4, -0.2) is 45.9 Å². The number of aromatic nitrogens is 3. The van der Waals surface area contributed by atoms with Crippen molar-refractivity contribution in [2.75, 3.05) is 18.4 Å². The Balaban J connectivity index is 1.75. The maximum absolute atomic E-state index is 12.5. The fourth-order valence-corrected chi connectivity index (χ4v) is 4.36. The first-order valence-corrected chi connectivity index (χ1v) is 10.2. The minimum absolute atomic E-state index is 0.162. The molecule has 28 heavy (non-hydrogen) atoms. The number of nitrogens with zero attached hydrogens (tertiary/aromatic N) is 4. The highest BCUT2D eigenvalue weighted by molar-refractivity contribution is 7.89. The summed E-state index contributed by atoms with van der Waals surface area (Å²) < 4.78 is 29.2. The van der Waals surface area contributed by atoms with Gasteiger partial charge in [0, 0.05) is 37.1 Å². The molecule has 1 amide bonds. The predicted octanol–water partition coefficient (Wildman–Crippen LogP) is 1.17. The molecule has 1 N–H and O–H groups in total. The largest absolute Gasteiger partial charge is 0.325 e. The van der Waals surface area contributed by atoms with E-state index in [4.69, 9.17) is 0 Å². The van der Waals surface area contributed by atoms with E-state index in [1.807, 2.05) is 0 Å². The summed E-state index contributed by atoms with van der Waals surface area (Å²) in [6.45, 7) is 4.13. The first-order valence-electron chi connectivity index (χ1n) is 8.80. The van der Waals surface area contributed by atoms with Gasteiger partial charge in [0.05, 0.1) is 11.1 Å². The van der Waals surface area contributed by atoms with Gasteiger partial charge < -0.3 is 5.32 Å². The molecule has 3 aromatic rings. The zero-order chi connectivity index (χ0) is 20.3. The summed E-state index contributed by atoms with van der Waals surface area (Å²) in [6.07, 6.45) is 3.07. The summed E-state index contributed by atoms with van der Waals surface area (Å²) in [6, 6.07) is 8.93. The molecule has 0 radical (unpaired) electrons. The first kappa shape index (κ1) is 19.8. The molecule has 2 heterocycles. The van der Waals surface area contributed by atoms with E-state index in [9.17, 15) is 18.0 Å². The van der Waals surface area contributed by atoms with Gasteiger partial charge in [-0.05, 0) is 24.3 Å². The molecule has 9 nitrogen and oxygen atoms in total. The fourth-order valence-electron chi connectivity index (χ4n) is 2.90. The van der Waals surface area contributed by atoms with E-state index < -0.39 is 15.9 Å². The first-order chi connectivity index (χ1) is 13.4. The Labute approximate surface area is 162 Å². The molecular formula is C18H21N5O4S. The molecule has 0 fully saturated rings. The van der Waals surface area contributed by atoms with Gasteiger partial charge >= 0.3 is 0 Å². The standard InChI is InChI=1S/C18H21N5O4S/c1-3-21(4-2)28(26,27)15-7-5-14(6-8-15)20-16(24)13-22-17-9-11-19-23(17)12-10-18(22)25/h5-12H,3-4,13H2,1-2H3,(H,20,24). The quantitative estimate of drug-likeness (QED) is 0.637. The predicted molar refractivity (Wildman–Crippen MR) is 105 cm³/mol. The number of anilines is 1. The molecule has 0 spiro atoms. The van der Waals surface area contributed by atoms with Crippen molar-refractivity contribution < 1.29 is 13.2 Å². The number of nitrogens with one attached hydrogen (secondary N) is 1. The van der Waals surface area contributed by atoms with Crippen molar-refractivity contribution in [3.8, 4) is 0 Å². The van der Waals surface area contributed by atoms with Gasteiger partial charge in [0.1, 0.15) is 12.2 Å². The molecule has 0 saturated heterocycles. The van der Waals surface area contributed by atoms with Crippen molar-refractivity contribution in [1.29, 1.82) is 0 Å². The third kappa shape index (κ3) is 3.82. The lowest BCUT2D eigenvalue weighted by molar-refractivity contribution is -0.116. The third-order valence-corrected chi connectivity index (χ3v) is 6.40. The Hall–Kier alpha value is -2.98. The number of carbonyl (C=O) groups is 1. The second-order valence-electron chi connectivity index (χ2n) is 6.04. The second-order valence-corrected chi connectivity index (χ2v) is 7.97. The molecule has 0 unspecified atom stereocenters. The van der Waals surface area contributed by atoms with Crippen molar-refractivity contribution in [2.24, 2.45) is 0 Å². The van der Waals surface area contributed by atoms with Crippen LogP contribution in [0.5, 0.6) is 0 Å². The van der Waals surface area contributed by atoms with Crippen LogP contribution in [0.25, 0.3) is 5.65 Å². The van der Waals surface area contributed by atoms with Crippen LogP contribution in [0, 0.1) is 0 Å². The number of amides is 1. The Morgan fingerprint density at radius 1 is 1.11 bits per heavy atom. The highest BCUT2D eigenvalue weighted by Gasteiger charge is 2.21. The summed E-state index contributed by atoms with van der Waals surface area (Å²) in [5.41, 5.74) is 0.629.